The SMILES string of the molecule is C[Si](C)(C)c1ccc(C(=O)O)c(Cl)c1Cl. The Morgan fingerprint density at radius 1 is 1.20 bits per heavy atom. The lowest BCUT2D eigenvalue weighted by atomic mass is 10.2. The largest absolute Gasteiger partial charge is 0.478 e. The van der Waals surface area contributed by atoms with Crippen LogP contribution in [0.3, 0.4) is 0 Å². The van der Waals surface area contributed by atoms with Gasteiger partial charge in [-0.25, -0.2) is 4.79 Å². The fourth-order valence-corrected chi connectivity index (χ4v) is 4.00. The van der Waals surface area contributed by atoms with Crippen LogP contribution in [0.4, 0.5) is 0 Å². The van der Waals surface area contributed by atoms with Gasteiger partial charge in [0.05, 0.1) is 23.7 Å². The van der Waals surface area contributed by atoms with E-state index in [0.29, 0.717) is 5.02 Å². The van der Waals surface area contributed by atoms with Gasteiger partial charge in [-0.15, -0.1) is 0 Å². The van der Waals surface area contributed by atoms with Crippen LogP contribution in [-0.4, -0.2) is 19.1 Å². The molecule has 0 heterocycles. The van der Waals surface area contributed by atoms with Crippen molar-refractivity contribution in [3.63, 3.8) is 0 Å². The Labute approximate surface area is 99.8 Å². The number of hydrogen-bond acceptors (Lipinski definition) is 1. The predicted molar refractivity (Wildman–Crippen MR) is 66.4 cm³/mol. The summed E-state index contributed by atoms with van der Waals surface area (Å²) in [6.45, 7) is 6.39. The van der Waals surface area contributed by atoms with E-state index >= 15 is 0 Å². The van der Waals surface area contributed by atoms with Crippen molar-refractivity contribution in [2.45, 2.75) is 19.6 Å². The molecule has 0 fully saturated rings. The van der Waals surface area contributed by atoms with Gasteiger partial charge in [0, 0.05) is 0 Å². The molecule has 82 valence electrons. The number of rotatable bonds is 2. The van der Waals surface area contributed by atoms with E-state index in [1.807, 2.05) is 0 Å². The first-order valence-corrected chi connectivity index (χ1v) is 8.72. The zero-order valence-electron chi connectivity index (χ0n) is 8.77. The predicted octanol–water partition coefficient (Wildman–Crippen LogP) is 3.24. The van der Waals surface area contributed by atoms with Gasteiger partial charge in [0.2, 0.25) is 0 Å². The molecular weight excluding hydrogens is 251 g/mol. The van der Waals surface area contributed by atoms with Gasteiger partial charge in [0.25, 0.3) is 0 Å². The lowest BCUT2D eigenvalue weighted by Gasteiger charge is -2.19. The molecule has 1 aromatic carbocycles. The van der Waals surface area contributed by atoms with Crippen molar-refractivity contribution >= 4 is 42.4 Å². The Balaban J connectivity index is 3.41. The van der Waals surface area contributed by atoms with E-state index < -0.39 is 14.0 Å². The minimum absolute atomic E-state index is 0.0590. The van der Waals surface area contributed by atoms with Crippen LogP contribution in [0.5, 0.6) is 0 Å². The average Bonchev–Trinajstić information content (AvgIpc) is 2.06. The molecule has 2 nitrogen and oxygen atoms in total. The number of carbonyl (C=O) groups is 1. The molecule has 0 aromatic heterocycles. The van der Waals surface area contributed by atoms with Crippen molar-refractivity contribution in [1.82, 2.24) is 0 Å². The third-order valence-corrected chi connectivity index (χ3v) is 5.19. The topological polar surface area (TPSA) is 37.3 Å². The van der Waals surface area contributed by atoms with E-state index in [1.165, 1.54) is 6.07 Å². The molecule has 0 amide bonds. The molecule has 0 radical (unpaired) electrons. The second-order valence-electron chi connectivity index (χ2n) is 4.34. The normalized spacial score (nSPS) is 11.5. The highest BCUT2D eigenvalue weighted by Crippen LogP contribution is 2.26. The first-order valence-electron chi connectivity index (χ1n) is 4.47. The number of halogens is 2. The lowest BCUT2D eigenvalue weighted by molar-refractivity contribution is 0.0697. The van der Waals surface area contributed by atoms with E-state index in [4.69, 9.17) is 28.3 Å². The maximum absolute atomic E-state index is 10.8. The van der Waals surface area contributed by atoms with Crippen LogP contribution in [0.2, 0.25) is 29.7 Å². The number of carboxylic acid groups (broad SMARTS) is 1. The van der Waals surface area contributed by atoms with E-state index in [1.54, 1.807) is 6.07 Å². The van der Waals surface area contributed by atoms with Gasteiger partial charge in [0.15, 0.2) is 0 Å². The molecule has 15 heavy (non-hydrogen) atoms. The number of carboxylic acids is 1. The van der Waals surface area contributed by atoms with Crippen LogP contribution in [0.15, 0.2) is 12.1 Å². The molecule has 0 saturated heterocycles. The standard InChI is InChI=1S/C10H12Cl2O2Si/c1-15(2,3)7-5-4-6(10(13)14)8(11)9(7)12/h4-5H,1-3H3,(H,13,14). The Bertz CT molecular complexity index is 411. The Morgan fingerprint density at radius 2 is 1.73 bits per heavy atom. The van der Waals surface area contributed by atoms with Crippen LogP contribution in [-0.2, 0) is 0 Å². The second-order valence-corrected chi connectivity index (χ2v) is 10.1. The fourth-order valence-electron chi connectivity index (χ4n) is 1.29. The quantitative estimate of drug-likeness (QED) is 0.832. The first kappa shape index (κ1) is 12.6. The van der Waals surface area contributed by atoms with Gasteiger partial charge < -0.3 is 5.11 Å². The van der Waals surface area contributed by atoms with Crippen molar-refractivity contribution in [3.05, 3.63) is 27.7 Å². The van der Waals surface area contributed by atoms with E-state index in [9.17, 15) is 4.79 Å². The van der Waals surface area contributed by atoms with Gasteiger partial charge in [-0.1, -0.05) is 48.9 Å². The van der Waals surface area contributed by atoms with E-state index in [-0.39, 0.29) is 10.6 Å². The smallest absolute Gasteiger partial charge is 0.337 e. The highest BCUT2D eigenvalue weighted by atomic mass is 35.5. The number of benzene rings is 1. The van der Waals surface area contributed by atoms with Crippen molar-refractivity contribution in [1.29, 1.82) is 0 Å². The van der Waals surface area contributed by atoms with E-state index in [2.05, 4.69) is 19.6 Å². The third kappa shape index (κ3) is 2.54. The van der Waals surface area contributed by atoms with Crippen LogP contribution < -0.4 is 5.19 Å². The van der Waals surface area contributed by atoms with Crippen LogP contribution in [0.1, 0.15) is 10.4 Å². The summed E-state index contributed by atoms with van der Waals surface area (Å²) in [4.78, 5) is 10.8. The van der Waals surface area contributed by atoms with Gasteiger partial charge in [-0.05, 0) is 11.3 Å². The highest BCUT2D eigenvalue weighted by molar-refractivity contribution is 6.90. The summed E-state index contributed by atoms with van der Waals surface area (Å²) in [5.74, 6) is -1.05. The highest BCUT2D eigenvalue weighted by Gasteiger charge is 2.23. The molecule has 0 saturated carbocycles. The van der Waals surface area contributed by atoms with Crippen LogP contribution in [0.25, 0.3) is 0 Å². The van der Waals surface area contributed by atoms with Crippen molar-refractivity contribution in [2.75, 3.05) is 0 Å². The minimum atomic E-state index is -1.58. The molecule has 0 atom stereocenters. The summed E-state index contributed by atoms with van der Waals surface area (Å²) in [7, 11) is -1.58. The van der Waals surface area contributed by atoms with Gasteiger partial charge in [-0.3, -0.25) is 0 Å². The summed E-state index contributed by atoms with van der Waals surface area (Å²) >= 11 is 12.0. The average molecular weight is 263 g/mol. The summed E-state index contributed by atoms with van der Waals surface area (Å²) < 4.78 is 0. The molecule has 0 aliphatic heterocycles. The Kier molecular flexibility index (Phi) is 3.48. The molecular formula is C10H12Cl2O2Si. The van der Waals surface area contributed by atoms with Crippen molar-refractivity contribution in [3.8, 4) is 0 Å². The molecule has 5 heteroatoms. The zero-order chi connectivity index (χ0) is 11.8. The number of hydrogen-bond donors (Lipinski definition) is 1. The molecule has 1 rings (SSSR count). The van der Waals surface area contributed by atoms with Crippen molar-refractivity contribution < 1.29 is 9.90 Å². The summed E-state index contributed by atoms with van der Waals surface area (Å²) in [6, 6.07) is 3.29. The minimum Gasteiger partial charge on any atom is -0.478 e. The molecule has 0 unspecified atom stereocenters. The van der Waals surface area contributed by atoms with Gasteiger partial charge in [0.1, 0.15) is 0 Å². The Hall–Kier alpha value is -0.513. The third-order valence-electron chi connectivity index (χ3n) is 2.12. The molecule has 1 N–H and O–H groups in total. The lowest BCUT2D eigenvalue weighted by Crippen LogP contribution is -2.38. The van der Waals surface area contributed by atoms with E-state index in [0.717, 1.165) is 5.19 Å². The number of aromatic carboxylic acids is 1. The zero-order valence-corrected chi connectivity index (χ0v) is 11.3. The maximum atomic E-state index is 10.8. The van der Waals surface area contributed by atoms with Gasteiger partial charge in [-0.2, -0.15) is 0 Å². The monoisotopic (exact) mass is 262 g/mol. The Morgan fingerprint density at radius 3 is 2.13 bits per heavy atom. The van der Waals surface area contributed by atoms with Crippen LogP contribution in [0, 0.1) is 0 Å². The van der Waals surface area contributed by atoms with Crippen LogP contribution >= 0.6 is 23.2 Å². The molecule has 0 aliphatic rings. The first-order chi connectivity index (χ1) is 6.75. The molecule has 1 aromatic rings. The molecule has 0 bridgehead atoms. The van der Waals surface area contributed by atoms with Crippen molar-refractivity contribution in [2.24, 2.45) is 0 Å². The molecule has 0 spiro atoms. The fraction of sp³-hybridized carbons (Fsp3) is 0.300. The van der Waals surface area contributed by atoms with Gasteiger partial charge >= 0.3 is 5.97 Å². The maximum Gasteiger partial charge on any atom is 0.337 e. The molecule has 0 aliphatic carbocycles. The summed E-state index contributed by atoms with van der Waals surface area (Å²) in [5, 5.41) is 10.4. The second kappa shape index (κ2) is 4.16. The summed E-state index contributed by atoms with van der Waals surface area (Å²) in [5.41, 5.74) is 0.0590. The summed E-state index contributed by atoms with van der Waals surface area (Å²) in [6.07, 6.45) is 0.